The van der Waals surface area contributed by atoms with E-state index in [2.05, 4.69) is 50.0 Å². The van der Waals surface area contributed by atoms with Gasteiger partial charge in [-0.1, -0.05) is 63.0 Å². The number of pyridine rings is 1. The first-order valence-electron chi connectivity index (χ1n) is 8.77. The monoisotopic (exact) mass is 295 g/mol. The second kappa shape index (κ2) is 8.73. The van der Waals surface area contributed by atoms with Crippen molar-refractivity contribution in [3.63, 3.8) is 0 Å². The van der Waals surface area contributed by atoms with Gasteiger partial charge in [0.15, 0.2) is 0 Å². The van der Waals surface area contributed by atoms with Gasteiger partial charge >= 0.3 is 0 Å². The second-order valence-corrected chi connectivity index (χ2v) is 6.23. The predicted octanol–water partition coefficient (Wildman–Crippen LogP) is 6.39. The SMILES string of the molecule is CCCC/C=C(\CCCC)Cc1ccc(C)c2cccnc12. The van der Waals surface area contributed by atoms with E-state index in [1.807, 2.05) is 12.3 Å². The Labute approximate surface area is 135 Å². The number of aromatic nitrogens is 1. The zero-order valence-corrected chi connectivity index (χ0v) is 14.4. The van der Waals surface area contributed by atoms with Crippen LogP contribution in [0, 0.1) is 6.92 Å². The molecule has 0 bridgehead atoms. The molecular weight excluding hydrogens is 266 g/mol. The van der Waals surface area contributed by atoms with Crippen molar-refractivity contribution >= 4 is 10.9 Å². The van der Waals surface area contributed by atoms with Gasteiger partial charge < -0.3 is 0 Å². The van der Waals surface area contributed by atoms with E-state index in [1.165, 1.54) is 60.6 Å². The van der Waals surface area contributed by atoms with Crippen LogP contribution in [0.2, 0.25) is 0 Å². The van der Waals surface area contributed by atoms with Crippen LogP contribution < -0.4 is 0 Å². The van der Waals surface area contributed by atoms with Gasteiger partial charge in [-0.3, -0.25) is 4.98 Å². The largest absolute Gasteiger partial charge is 0.256 e. The summed E-state index contributed by atoms with van der Waals surface area (Å²) in [4.78, 5) is 4.64. The number of benzene rings is 1. The molecule has 0 amide bonds. The summed E-state index contributed by atoms with van der Waals surface area (Å²) in [5.74, 6) is 0. The lowest BCUT2D eigenvalue weighted by Gasteiger charge is -2.11. The lowest BCUT2D eigenvalue weighted by molar-refractivity contribution is 0.754. The Balaban J connectivity index is 2.25. The molecule has 1 aromatic carbocycles. The highest BCUT2D eigenvalue weighted by atomic mass is 14.6. The van der Waals surface area contributed by atoms with E-state index in [1.54, 1.807) is 5.57 Å². The zero-order chi connectivity index (χ0) is 15.8. The maximum Gasteiger partial charge on any atom is 0.0739 e. The molecule has 0 aliphatic heterocycles. The van der Waals surface area contributed by atoms with Crippen LogP contribution in [0.1, 0.15) is 63.5 Å². The van der Waals surface area contributed by atoms with Gasteiger partial charge in [-0.05, 0) is 49.8 Å². The smallest absolute Gasteiger partial charge is 0.0739 e. The van der Waals surface area contributed by atoms with E-state index < -0.39 is 0 Å². The minimum absolute atomic E-state index is 1.05. The number of hydrogen-bond acceptors (Lipinski definition) is 1. The Kier molecular flexibility index (Phi) is 6.64. The molecule has 1 nitrogen and oxygen atoms in total. The Morgan fingerprint density at radius 2 is 1.91 bits per heavy atom. The van der Waals surface area contributed by atoms with E-state index >= 15 is 0 Å². The number of hydrogen-bond donors (Lipinski definition) is 0. The minimum atomic E-state index is 1.05. The van der Waals surface area contributed by atoms with Crippen LogP contribution in [0.5, 0.6) is 0 Å². The maximum atomic E-state index is 4.64. The van der Waals surface area contributed by atoms with Crippen LogP contribution in [-0.2, 0) is 6.42 Å². The molecule has 0 saturated carbocycles. The molecule has 0 spiro atoms. The fraction of sp³-hybridized carbons (Fsp3) is 0.476. The molecule has 1 heterocycles. The van der Waals surface area contributed by atoms with Gasteiger partial charge in [0.25, 0.3) is 0 Å². The van der Waals surface area contributed by atoms with Crippen molar-refractivity contribution in [1.82, 2.24) is 4.98 Å². The predicted molar refractivity (Wildman–Crippen MR) is 97.3 cm³/mol. The quantitative estimate of drug-likeness (QED) is 0.406. The Bertz CT molecular complexity index is 625. The number of allylic oxidation sites excluding steroid dienone is 2. The molecule has 0 radical (unpaired) electrons. The third-order valence-electron chi connectivity index (χ3n) is 4.33. The maximum absolute atomic E-state index is 4.64. The lowest BCUT2D eigenvalue weighted by atomic mass is 9.95. The molecule has 0 aliphatic rings. The molecule has 0 saturated heterocycles. The molecule has 0 unspecified atom stereocenters. The summed E-state index contributed by atoms with van der Waals surface area (Å²) < 4.78 is 0. The second-order valence-electron chi connectivity index (χ2n) is 6.23. The number of aryl methyl sites for hydroxylation is 1. The standard InChI is InChI=1S/C21H29N/c1-4-6-8-11-18(10-7-5-2)16-19-14-13-17(3)20-12-9-15-22-21(19)20/h9,11-15H,4-8,10,16H2,1-3H3/b18-11+. The van der Waals surface area contributed by atoms with E-state index in [9.17, 15) is 0 Å². The van der Waals surface area contributed by atoms with Crippen LogP contribution in [0.3, 0.4) is 0 Å². The Morgan fingerprint density at radius 1 is 1.09 bits per heavy atom. The number of unbranched alkanes of at least 4 members (excludes halogenated alkanes) is 3. The highest BCUT2D eigenvalue weighted by Crippen LogP contribution is 2.24. The summed E-state index contributed by atoms with van der Waals surface area (Å²) in [7, 11) is 0. The van der Waals surface area contributed by atoms with Gasteiger partial charge in [0, 0.05) is 11.6 Å². The minimum Gasteiger partial charge on any atom is -0.256 e. The molecule has 1 aromatic heterocycles. The third-order valence-corrected chi connectivity index (χ3v) is 4.33. The highest BCUT2D eigenvalue weighted by molar-refractivity contribution is 5.85. The van der Waals surface area contributed by atoms with Gasteiger partial charge in [-0.15, -0.1) is 0 Å². The molecule has 118 valence electrons. The number of rotatable bonds is 8. The summed E-state index contributed by atoms with van der Waals surface area (Å²) in [6.45, 7) is 6.70. The van der Waals surface area contributed by atoms with E-state index in [-0.39, 0.29) is 0 Å². The van der Waals surface area contributed by atoms with Crippen molar-refractivity contribution in [3.05, 3.63) is 53.2 Å². The Hall–Kier alpha value is -1.63. The first-order valence-corrected chi connectivity index (χ1v) is 8.77. The summed E-state index contributed by atoms with van der Waals surface area (Å²) in [5, 5.41) is 1.29. The van der Waals surface area contributed by atoms with Crippen molar-refractivity contribution in [1.29, 1.82) is 0 Å². The van der Waals surface area contributed by atoms with E-state index in [0.717, 1.165) is 6.42 Å². The van der Waals surface area contributed by atoms with Crippen molar-refractivity contribution in [3.8, 4) is 0 Å². The van der Waals surface area contributed by atoms with Crippen LogP contribution in [0.15, 0.2) is 42.1 Å². The van der Waals surface area contributed by atoms with Crippen molar-refractivity contribution < 1.29 is 0 Å². The topological polar surface area (TPSA) is 12.9 Å². The third kappa shape index (κ3) is 4.43. The lowest BCUT2D eigenvalue weighted by Crippen LogP contribution is -1.96. The molecular formula is C21H29N. The first-order chi connectivity index (χ1) is 10.8. The van der Waals surface area contributed by atoms with Gasteiger partial charge in [0.05, 0.1) is 5.52 Å². The van der Waals surface area contributed by atoms with Crippen LogP contribution in [0.4, 0.5) is 0 Å². The zero-order valence-electron chi connectivity index (χ0n) is 14.4. The average molecular weight is 295 g/mol. The van der Waals surface area contributed by atoms with Gasteiger partial charge in [0.1, 0.15) is 0 Å². The van der Waals surface area contributed by atoms with Crippen LogP contribution in [0.25, 0.3) is 10.9 Å². The molecule has 2 rings (SSSR count). The Morgan fingerprint density at radius 3 is 2.68 bits per heavy atom. The summed E-state index contributed by atoms with van der Waals surface area (Å²) in [6.07, 6.45) is 13.0. The van der Waals surface area contributed by atoms with Crippen LogP contribution >= 0.6 is 0 Å². The molecule has 22 heavy (non-hydrogen) atoms. The number of fused-ring (bicyclic) bond motifs is 1. The van der Waals surface area contributed by atoms with Crippen molar-refractivity contribution in [2.45, 2.75) is 65.7 Å². The normalized spacial score (nSPS) is 12.0. The van der Waals surface area contributed by atoms with Crippen LogP contribution in [-0.4, -0.2) is 4.98 Å². The molecule has 0 N–H and O–H groups in total. The van der Waals surface area contributed by atoms with Gasteiger partial charge in [-0.25, -0.2) is 0 Å². The first kappa shape index (κ1) is 16.7. The van der Waals surface area contributed by atoms with Gasteiger partial charge in [-0.2, -0.15) is 0 Å². The summed E-state index contributed by atoms with van der Waals surface area (Å²) >= 11 is 0. The molecule has 2 aromatic rings. The van der Waals surface area contributed by atoms with E-state index in [0.29, 0.717) is 0 Å². The molecule has 1 heteroatoms. The molecule has 0 atom stereocenters. The number of nitrogens with zero attached hydrogens (tertiary/aromatic N) is 1. The van der Waals surface area contributed by atoms with E-state index in [4.69, 9.17) is 0 Å². The molecule has 0 aliphatic carbocycles. The fourth-order valence-corrected chi connectivity index (χ4v) is 2.94. The average Bonchev–Trinajstić information content (AvgIpc) is 2.55. The van der Waals surface area contributed by atoms with Crippen molar-refractivity contribution in [2.75, 3.05) is 0 Å². The summed E-state index contributed by atoms with van der Waals surface area (Å²) in [6, 6.07) is 8.73. The van der Waals surface area contributed by atoms with Crippen molar-refractivity contribution in [2.24, 2.45) is 0 Å². The summed E-state index contributed by atoms with van der Waals surface area (Å²) in [5.41, 5.74) is 5.46. The fourth-order valence-electron chi connectivity index (χ4n) is 2.94. The highest BCUT2D eigenvalue weighted by Gasteiger charge is 2.07. The molecule has 0 fully saturated rings. The van der Waals surface area contributed by atoms with Gasteiger partial charge in [0.2, 0.25) is 0 Å².